The SMILES string of the molecule is COc1ccc(C(=O)CC(C)CC(=O)O)c(C)c1. The van der Waals surface area contributed by atoms with Crippen molar-refractivity contribution >= 4 is 11.8 Å². The van der Waals surface area contributed by atoms with Crippen molar-refractivity contribution in [1.82, 2.24) is 0 Å². The molecular weight excluding hydrogens is 232 g/mol. The third kappa shape index (κ3) is 3.87. The van der Waals surface area contributed by atoms with E-state index >= 15 is 0 Å². The molecule has 0 saturated carbocycles. The molecule has 1 aromatic rings. The average Bonchev–Trinajstić information content (AvgIpc) is 2.27. The molecule has 4 heteroatoms. The van der Waals surface area contributed by atoms with Crippen molar-refractivity contribution in [2.24, 2.45) is 5.92 Å². The van der Waals surface area contributed by atoms with Crippen LogP contribution in [0.5, 0.6) is 5.75 Å². The fourth-order valence-electron chi connectivity index (χ4n) is 1.87. The quantitative estimate of drug-likeness (QED) is 0.788. The molecule has 18 heavy (non-hydrogen) atoms. The molecule has 4 nitrogen and oxygen atoms in total. The Bertz CT molecular complexity index is 451. The fraction of sp³-hybridized carbons (Fsp3) is 0.429. The summed E-state index contributed by atoms with van der Waals surface area (Å²) in [6.07, 6.45) is 0.264. The minimum absolute atomic E-state index is 0.0148. The van der Waals surface area contributed by atoms with E-state index in [2.05, 4.69) is 0 Å². The lowest BCUT2D eigenvalue weighted by atomic mass is 9.95. The predicted molar refractivity (Wildman–Crippen MR) is 68.1 cm³/mol. The molecule has 1 rings (SSSR count). The Morgan fingerprint density at radius 1 is 1.33 bits per heavy atom. The second-order valence-corrected chi connectivity index (χ2v) is 4.51. The van der Waals surface area contributed by atoms with E-state index in [0.717, 1.165) is 5.56 Å². The molecule has 1 aromatic carbocycles. The minimum Gasteiger partial charge on any atom is -0.497 e. The Hall–Kier alpha value is -1.84. The lowest BCUT2D eigenvalue weighted by molar-refractivity contribution is -0.137. The molecule has 1 unspecified atom stereocenters. The third-order valence-electron chi connectivity index (χ3n) is 2.79. The number of benzene rings is 1. The smallest absolute Gasteiger partial charge is 0.303 e. The molecule has 0 saturated heterocycles. The summed E-state index contributed by atoms with van der Waals surface area (Å²) >= 11 is 0. The Kier molecular flexibility index (Phi) is 4.89. The van der Waals surface area contributed by atoms with Gasteiger partial charge in [-0.25, -0.2) is 0 Å². The van der Waals surface area contributed by atoms with Gasteiger partial charge < -0.3 is 9.84 Å². The number of Topliss-reactive ketones (excluding diaryl/α,β-unsaturated/α-hetero) is 1. The summed E-state index contributed by atoms with van der Waals surface area (Å²) in [5.74, 6) is -0.343. The Balaban J connectivity index is 2.75. The van der Waals surface area contributed by atoms with E-state index in [9.17, 15) is 9.59 Å². The average molecular weight is 250 g/mol. The highest BCUT2D eigenvalue weighted by molar-refractivity contribution is 5.97. The second-order valence-electron chi connectivity index (χ2n) is 4.51. The third-order valence-corrected chi connectivity index (χ3v) is 2.79. The van der Waals surface area contributed by atoms with E-state index in [4.69, 9.17) is 9.84 Å². The van der Waals surface area contributed by atoms with Crippen LogP contribution in [0, 0.1) is 12.8 Å². The molecule has 1 atom stereocenters. The number of methoxy groups -OCH3 is 1. The first-order valence-corrected chi connectivity index (χ1v) is 5.83. The summed E-state index contributed by atoms with van der Waals surface area (Å²) in [6.45, 7) is 3.61. The number of carbonyl (C=O) groups excluding carboxylic acids is 1. The van der Waals surface area contributed by atoms with Crippen LogP contribution in [0.2, 0.25) is 0 Å². The van der Waals surface area contributed by atoms with Crippen LogP contribution in [-0.2, 0) is 4.79 Å². The Morgan fingerprint density at radius 2 is 2.00 bits per heavy atom. The number of hydrogen-bond donors (Lipinski definition) is 1. The van der Waals surface area contributed by atoms with E-state index < -0.39 is 5.97 Å². The van der Waals surface area contributed by atoms with Gasteiger partial charge in [0.15, 0.2) is 5.78 Å². The molecule has 0 aliphatic rings. The van der Waals surface area contributed by atoms with Gasteiger partial charge in [0.2, 0.25) is 0 Å². The van der Waals surface area contributed by atoms with Gasteiger partial charge in [-0.1, -0.05) is 6.92 Å². The van der Waals surface area contributed by atoms with Gasteiger partial charge in [-0.05, 0) is 36.6 Å². The van der Waals surface area contributed by atoms with E-state index in [1.165, 1.54) is 0 Å². The Labute approximate surface area is 107 Å². The normalized spacial score (nSPS) is 11.9. The lowest BCUT2D eigenvalue weighted by Crippen LogP contribution is -2.11. The number of ketones is 1. The molecule has 0 radical (unpaired) electrons. The largest absolute Gasteiger partial charge is 0.497 e. The molecule has 0 fully saturated rings. The van der Waals surface area contributed by atoms with Crippen LogP contribution in [0.25, 0.3) is 0 Å². The van der Waals surface area contributed by atoms with Crippen LogP contribution in [-0.4, -0.2) is 24.0 Å². The number of aryl methyl sites for hydroxylation is 1. The van der Waals surface area contributed by atoms with E-state index in [0.29, 0.717) is 11.3 Å². The van der Waals surface area contributed by atoms with Gasteiger partial charge in [-0.2, -0.15) is 0 Å². The molecule has 98 valence electrons. The van der Waals surface area contributed by atoms with E-state index in [1.54, 1.807) is 32.2 Å². The summed E-state index contributed by atoms with van der Waals surface area (Å²) < 4.78 is 5.07. The van der Waals surface area contributed by atoms with Gasteiger partial charge in [0.05, 0.1) is 7.11 Å². The minimum atomic E-state index is -0.873. The zero-order chi connectivity index (χ0) is 13.7. The number of carboxylic acid groups (broad SMARTS) is 1. The summed E-state index contributed by atoms with van der Waals surface area (Å²) in [6, 6.07) is 5.27. The first-order valence-electron chi connectivity index (χ1n) is 5.83. The maximum atomic E-state index is 12.0. The zero-order valence-electron chi connectivity index (χ0n) is 10.9. The van der Waals surface area contributed by atoms with Crippen molar-refractivity contribution < 1.29 is 19.4 Å². The summed E-state index contributed by atoms with van der Waals surface area (Å²) in [4.78, 5) is 22.6. The monoisotopic (exact) mass is 250 g/mol. The number of carbonyl (C=O) groups is 2. The summed E-state index contributed by atoms with van der Waals surface area (Å²) in [7, 11) is 1.57. The molecule has 0 aliphatic carbocycles. The molecule has 0 spiro atoms. The van der Waals surface area contributed by atoms with Crippen LogP contribution in [0.1, 0.15) is 35.7 Å². The van der Waals surface area contributed by atoms with Gasteiger partial charge in [-0.3, -0.25) is 9.59 Å². The van der Waals surface area contributed by atoms with E-state index in [1.807, 2.05) is 6.92 Å². The summed E-state index contributed by atoms with van der Waals surface area (Å²) in [5, 5.41) is 8.66. The second kappa shape index (κ2) is 6.19. The highest BCUT2D eigenvalue weighted by Crippen LogP contribution is 2.20. The standard InChI is InChI=1S/C14H18O4/c1-9(7-14(16)17)6-13(15)12-5-4-11(18-3)8-10(12)2/h4-5,8-9H,6-7H2,1-3H3,(H,16,17). The van der Waals surface area contributed by atoms with Crippen molar-refractivity contribution in [2.75, 3.05) is 7.11 Å². The number of aliphatic carboxylic acids is 1. The number of carboxylic acids is 1. The molecule has 0 aromatic heterocycles. The lowest BCUT2D eigenvalue weighted by Gasteiger charge is -2.10. The first-order chi connectivity index (χ1) is 8.43. The molecule has 0 amide bonds. The zero-order valence-corrected chi connectivity index (χ0v) is 10.9. The van der Waals surface area contributed by atoms with Crippen molar-refractivity contribution in [3.8, 4) is 5.75 Å². The Morgan fingerprint density at radius 3 is 2.50 bits per heavy atom. The fourth-order valence-corrected chi connectivity index (χ4v) is 1.87. The maximum Gasteiger partial charge on any atom is 0.303 e. The predicted octanol–water partition coefficient (Wildman–Crippen LogP) is 2.69. The van der Waals surface area contributed by atoms with Crippen LogP contribution < -0.4 is 4.74 Å². The van der Waals surface area contributed by atoms with Gasteiger partial charge in [0.25, 0.3) is 0 Å². The molecule has 0 aliphatic heterocycles. The number of ether oxygens (including phenoxy) is 1. The van der Waals surface area contributed by atoms with Crippen LogP contribution in [0.15, 0.2) is 18.2 Å². The van der Waals surface area contributed by atoms with E-state index in [-0.39, 0.29) is 24.5 Å². The van der Waals surface area contributed by atoms with Gasteiger partial charge in [-0.15, -0.1) is 0 Å². The molecule has 0 heterocycles. The van der Waals surface area contributed by atoms with Crippen molar-refractivity contribution in [1.29, 1.82) is 0 Å². The van der Waals surface area contributed by atoms with Gasteiger partial charge >= 0.3 is 5.97 Å². The van der Waals surface area contributed by atoms with Crippen molar-refractivity contribution in [3.63, 3.8) is 0 Å². The van der Waals surface area contributed by atoms with Crippen LogP contribution >= 0.6 is 0 Å². The molecule has 1 N–H and O–H groups in total. The number of rotatable bonds is 6. The topological polar surface area (TPSA) is 63.6 Å². The van der Waals surface area contributed by atoms with Crippen LogP contribution in [0.4, 0.5) is 0 Å². The number of hydrogen-bond acceptors (Lipinski definition) is 3. The highest BCUT2D eigenvalue weighted by Gasteiger charge is 2.15. The maximum absolute atomic E-state index is 12.0. The van der Waals surface area contributed by atoms with Gasteiger partial charge in [0.1, 0.15) is 5.75 Å². The summed E-state index contributed by atoms with van der Waals surface area (Å²) in [5.41, 5.74) is 1.48. The molecule has 0 bridgehead atoms. The first kappa shape index (κ1) is 14.2. The van der Waals surface area contributed by atoms with Gasteiger partial charge in [0, 0.05) is 18.4 Å². The van der Waals surface area contributed by atoms with Crippen LogP contribution in [0.3, 0.4) is 0 Å². The molecular formula is C14H18O4. The van der Waals surface area contributed by atoms with Crippen molar-refractivity contribution in [3.05, 3.63) is 29.3 Å². The van der Waals surface area contributed by atoms with Crippen molar-refractivity contribution in [2.45, 2.75) is 26.7 Å². The highest BCUT2D eigenvalue weighted by atomic mass is 16.5.